The Kier molecular flexibility index (Phi) is 36.1. The van der Waals surface area contributed by atoms with E-state index in [-0.39, 0.29) is 24.4 Å². The number of amides is 1. The minimum absolute atomic E-state index is 0.0111. The molecule has 1 atom stereocenters. The van der Waals surface area contributed by atoms with Gasteiger partial charge in [0.15, 0.2) is 0 Å². The molecule has 3 rings (SSSR count). The number of nitrogens with one attached hydrogen (secondary N) is 1. The van der Waals surface area contributed by atoms with Gasteiger partial charge in [-0.25, -0.2) is 4.79 Å². The van der Waals surface area contributed by atoms with Crippen molar-refractivity contribution in [3.63, 3.8) is 0 Å². The van der Waals surface area contributed by atoms with Crippen LogP contribution < -0.4 is 5.32 Å². The quantitative estimate of drug-likeness (QED) is 0.0615. The lowest BCUT2D eigenvalue weighted by atomic mass is 9.98. The number of rotatable bonds is 47. The van der Waals surface area contributed by atoms with Gasteiger partial charge in [-0.05, 0) is 41.5 Å². The highest BCUT2D eigenvalue weighted by molar-refractivity contribution is 5.79. The van der Waals surface area contributed by atoms with Crippen LogP contribution in [0.3, 0.4) is 0 Å². The number of ether oxygens (including phenoxy) is 14. The molecule has 2 aromatic rings. The molecule has 17 nitrogen and oxygen atoms in total. The van der Waals surface area contributed by atoms with Crippen LogP contribution in [0.4, 0.5) is 4.79 Å². The van der Waals surface area contributed by atoms with Gasteiger partial charge in [0.05, 0.1) is 158 Å². The first-order valence-electron chi connectivity index (χ1n) is 24.3. The number of alkyl carbamates (subject to hydrolysis) is 1. The summed E-state index contributed by atoms with van der Waals surface area (Å²) in [5, 5.41) is 2.81. The summed E-state index contributed by atoms with van der Waals surface area (Å²) in [6.07, 6.45) is 4.07. The van der Waals surface area contributed by atoms with Crippen molar-refractivity contribution in [3.8, 4) is 11.1 Å². The van der Waals surface area contributed by atoms with E-state index in [1.807, 2.05) is 31.2 Å². The monoisotopic (exact) mass is 952 g/mol. The largest absolute Gasteiger partial charge is 0.463 e. The fraction of sp³-hybridized carbons (Fsp3) is 0.720. The lowest BCUT2D eigenvalue weighted by molar-refractivity contribution is -0.150. The molecule has 0 aliphatic heterocycles. The molecule has 0 saturated carbocycles. The highest BCUT2D eigenvalue weighted by Crippen LogP contribution is 2.44. The Morgan fingerprint density at radius 2 is 0.791 bits per heavy atom. The number of esters is 1. The van der Waals surface area contributed by atoms with Gasteiger partial charge >= 0.3 is 12.1 Å². The van der Waals surface area contributed by atoms with E-state index in [1.165, 1.54) is 22.3 Å². The Bertz CT molecular complexity index is 1440. The molecule has 1 unspecified atom stereocenters. The molecule has 1 aliphatic rings. The van der Waals surface area contributed by atoms with Gasteiger partial charge in [0, 0.05) is 19.1 Å². The van der Waals surface area contributed by atoms with Crippen LogP contribution in [-0.2, 0) is 71.1 Å². The van der Waals surface area contributed by atoms with E-state index >= 15 is 0 Å². The third kappa shape index (κ3) is 28.7. The first-order valence-corrected chi connectivity index (χ1v) is 24.3. The summed E-state index contributed by atoms with van der Waals surface area (Å²) in [4.78, 5) is 24.4. The second-order valence-electron chi connectivity index (χ2n) is 15.4. The van der Waals surface area contributed by atoms with Gasteiger partial charge in [-0.3, -0.25) is 4.79 Å². The van der Waals surface area contributed by atoms with Crippen molar-refractivity contribution >= 4 is 12.1 Å². The van der Waals surface area contributed by atoms with Crippen LogP contribution >= 0.6 is 0 Å². The van der Waals surface area contributed by atoms with E-state index in [0.717, 1.165) is 25.7 Å². The molecule has 67 heavy (non-hydrogen) atoms. The zero-order valence-electron chi connectivity index (χ0n) is 40.4. The lowest BCUT2D eigenvalue weighted by Gasteiger charge is -2.14. The van der Waals surface area contributed by atoms with Crippen LogP contribution in [-0.4, -0.2) is 190 Å². The van der Waals surface area contributed by atoms with Crippen LogP contribution in [0.2, 0.25) is 0 Å². The van der Waals surface area contributed by atoms with E-state index in [0.29, 0.717) is 178 Å². The molecule has 1 N–H and O–H groups in total. The van der Waals surface area contributed by atoms with Crippen LogP contribution in [0.25, 0.3) is 11.1 Å². The Morgan fingerprint density at radius 3 is 1.15 bits per heavy atom. The molecule has 0 saturated heterocycles. The first kappa shape index (κ1) is 58.0. The molecule has 17 heteroatoms. The second kappa shape index (κ2) is 41.7. The van der Waals surface area contributed by atoms with Crippen LogP contribution in [0.15, 0.2) is 48.5 Å². The number of benzene rings is 2. The second-order valence-corrected chi connectivity index (χ2v) is 15.4. The third-order valence-corrected chi connectivity index (χ3v) is 10.4. The number of hydrogen-bond acceptors (Lipinski definition) is 16. The molecule has 0 fully saturated rings. The molecule has 0 radical (unpaired) electrons. The fourth-order valence-corrected chi connectivity index (χ4v) is 6.79. The number of fused-ring (bicyclic) bond motifs is 3. The van der Waals surface area contributed by atoms with Gasteiger partial charge in [-0.2, -0.15) is 0 Å². The highest BCUT2D eigenvalue weighted by atomic mass is 16.6. The van der Waals surface area contributed by atoms with Gasteiger partial charge in [0.1, 0.15) is 13.2 Å². The molecular formula is C50H81NO16. The maximum absolute atomic E-state index is 12.3. The van der Waals surface area contributed by atoms with Crippen LogP contribution in [0.1, 0.15) is 63.0 Å². The fourth-order valence-electron chi connectivity index (χ4n) is 6.79. The molecule has 1 amide bonds. The highest BCUT2D eigenvalue weighted by Gasteiger charge is 2.29. The third-order valence-electron chi connectivity index (χ3n) is 10.4. The maximum atomic E-state index is 12.3. The molecule has 0 bridgehead atoms. The smallest absolute Gasteiger partial charge is 0.407 e. The molecule has 2 aromatic carbocycles. The average molecular weight is 952 g/mol. The van der Waals surface area contributed by atoms with E-state index in [9.17, 15) is 9.59 Å². The van der Waals surface area contributed by atoms with E-state index in [4.69, 9.17) is 66.3 Å². The molecule has 0 aromatic heterocycles. The summed E-state index contributed by atoms with van der Waals surface area (Å²) in [5.41, 5.74) is 4.80. The number of carbonyl (C=O) groups excluding carboxylic acids is 2. The van der Waals surface area contributed by atoms with E-state index in [2.05, 4.69) is 36.5 Å². The minimum Gasteiger partial charge on any atom is -0.463 e. The summed E-state index contributed by atoms with van der Waals surface area (Å²) >= 11 is 0. The van der Waals surface area contributed by atoms with Crippen molar-refractivity contribution < 1.29 is 75.9 Å². The summed E-state index contributed by atoms with van der Waals surface area (Å²) in [7, 11) is 0. The lowest BCUT2D eigenvalue weighted by Crippen LogP contribution is -2.27. The topological polar surface area (TPSA) is 175 Å². The van der Waals surface area contributed by atoms with Crippen molar-refractivity contribution in [1.82, 2.24) is 5.32 Å². The Hall–Kier alpha value is -3.30. The van der Waals surface area contributed by atoms with Crippen molar-refractivity contribution in [2.45, 2.75) is 51.9 Å². The standard InChI is InChI=1S/C50H81NO16/c1-3-5-11-43(4-2)49(52)66-41-40-65-39-38-64-37-36-63-35-34-62-33-32-61-31-30-60-29-28-59-27-26-58-25-24-57-23-22-56-21-20-55-19-18-54-17-10-16-51-50(53)67-42-48-46-14-8-6-12-44(46)45-13-7-9-15-47(45)48/h6-9,12-15,43,48H,3-5,10-11,16-42H2,1-2H3,(H,51,53). The number of hydrogen-bond donors (Lipinski definition) is 1. The average Bonchev–Trinajstić information content (AvgIpc) is 3.67. The molecule has 0 spiro atoms. The summed E-state index contributed by atoms with van der Waals surface area (Å²) in [5.74, 6) is -0.0916. The predicted molar refractivity (Wildman–Crippen MR) is 252 cm³/mol. The summed E-state index contributed by atoms with van der Waals surface area (Å²) in [6.45, 7) is 16.6. The number of unbranched alkanes of at least 4 members (excludes halogenated alkanes) is 1. The zero-order chi connectivity index (χ0) is 47.5. The minimum atomic E-state index is -0.419. The van der Waals surface area contributed by atoms with Gasteiger partial charge in [0.2, 0.25) is 0 Å². The molecular weight excluding hydrogens is 871 g/mol. The molecule has 1 aliphatic carbocycles. The summed E-state index contributed by atoms with van der Waals surface area (Å²) in [6, 6.07) is 16.6. The Labute approximate surface area is 399 Å². The summed E-state index contributed by atoms with van der Waals surface area (Å²) < 4.78 is 77.1. The zero-order valence-corrected chi connectivity index (χ0v) is 40.4. The van der Waals surface area contributed by atoms with Crippen molar-refractivity contribution in [1.29, 1.82) is 0 Å². The molecule has 382 valence electrons. The van der Waals surface area contributed by atoms with Crippen LogP contribution in [0, 0.1) is 5.92 Å². The van der Waals surface area contributed by atoms with Crippen molar-refractivity contribution in [2.24, 2.45) is 5.92 Å². The van der Waals surface area contributed by atoms with Gasteiger partial charge in [-0.1, -0.05) is 75.2 Å². The Morgan fingerprint density at radius 1 is 0.448 bits per heavy atom. The van der Waals surface area contributed by atoms with E-state index in [1.54, 1.807) is 0 Å². The van der Waals surface area contributed by atoms with Gasteiger partial charge < -0.3 is 71.6 Å². The number of carbonyl (C=O) groups is 2. The van der Waals surface area contributed by atoms with E-state index < -0.39 is 6.09 Å². The normalized spacial score (nSPS) is 12.6. The predicted octanol–water partition coefficient (Wildman–Crippen LogP) is 5.87. The molecule has 0 heterocycles. The van der Waals surface area contributed by atoms with Gasteiger partial charge in [0.25, 0.3) is 0 Å². The van der Waals surface area contributed by atoms with Crippen molar-refractivity contribution in [2.75, 3.05) is 178 Å². The van der Waals surface area contributed by atoms with Gasteiger partial charge in [-0.15, -0.1) is 0 Å². The maximum Gasteiger partial charge on any atom is 0.407 e. The SMILES string of the molecule is CCCCC(CC)C(=O)OCCOCCOCCOCCOCCOCCOCCOCCOCCOCCOCCOCCOCCCNC(=O)OCC1c2ccccc2-c2ccccc21. The van der Waals surface area contributed by atoms with Crippen molar-refractivity contribution in [3.05, 3.63) is 59.7 Å². The Balaban J connectivity index is 0.910. The van der Waals surface area contributed by atoms with Crippen LogP contribution in [0.5, 0.6) is 0 Å². The first-order chi connectivity index (χ1) is 33.2.